The Labute approximate surface area is 169 Å². The molecule has 0 spiro atoms. The van der Waals surface area contributed by atoms with Crippen molar-refractivity contribution in [3.8, 4) is 0 Å². The number of tetrazole rings is 1. The van der Waals surface area contributed by atoms with Crippen molar-refractivity contribution in [3.05, 3.63) is 71.3 Å². The highest BCUT2D eigenvalue weighted by molar-refractivity contribution is 5.84. The van der Waals surface area contributed by atoms with Crippen LogP contribution in [0.25, 0.3) is 16.6 Å². The summed E-state index contributed by atoms with van der Waals surface area (Å²) in [5.74, 6) is 0.378. The van der Waals surface area contributed by atoms with E-state index in [1.807, 2.05) is 29.2 Å². The summed E-state index contributed by atoms with van der Waals surface area (Å²) in [5, 5.41) is 13.4. The van der Waals surface area contributed by atoms with Crippen molar-refractivity contribution in [2.24, 2.45) is 5.92 Å². The zero-order valence-electron chi connectivity index (χ0n) is 16.5. The normalized spacial score (nSPS) is 14.2. The van der Waals surface area contributed by atoms with Gasteiger partial charge in [0.2, 0.25) is 5.91 Å². The first-order valence-electron chi connectivity index (χ1n) is 10.1. The van der Waals surface area contributed by atoms with Crippen LogP contribution >= 0.6 is 0 Å². The van der Waals surface area contributed by atoms with Gasteiger partial charge in [-0.15, -0.1) is 5.10 Å². The number of nitrogens with zero attached hydrogens (tertiary/aromatic N) is 5. The highest BCUT2D eigenvalue weighted by atomic mass is 16.2. The van der Waals surface area contributed by atoms with Crippen molar-refractivity contribution < 1.29 is 4.79 Å². The van der Waals surface area contributed by atoms with Crippen molar-refractivity contribution in [2.45, 2.75) is 39.3 Å². The average molecular weight is 385 g/mol. The molecular formula is C23H23N5O. The number of fused-ring (bicyclic) bond motifs is 3. The van der Waals surface area contributed by atoms with E-state index in [4.69, 9.17) is 0 Å². The van der Waals surface area contributed by atoms with Crippen LogP contribution in [0.15, 0.2) is 54.6 Å². The number of pyridine rings is 1. The van der Waals surface area contributed by atoms with Crippen LogP contribution in [0.2, 0.25) is 0 Å². The predicted octanol–water partition coefficient (Wildman–Crippen LogP) is 3.91. The van der Waals surface area contributed by atoms with Gasteiger partial charge in [0.05, 0.1) is 5.52 Å². The van der Waals surface area contributed by atoms with Crippen molar-refractivity contribution >= 4 is 22.5 Å². The van der Waals surface area contributed by atoms with Crippen molar-refractivity contribution in [1.29, 1.82) is 0 Å². The summed E-state index contributed by atoms with van der Waals surface area (Å²) in [6, 6.07) is 18.5. The summed E-state index contributed by atoms with van der Waals surface area (Å²) < 4.78 is 1.78. The quantitative estimate of drug-likeness (QED) is 0.522. The van der Waals surface area contributed by atoms with Gasteiger partial charge in [0.1, 0.15) is 0 Å². The molecule has 0 unspecified atom stereocenters. The molecule has 6 nitrogen and oxygen atoms in total. The van der Waals surface area contributed by atoms with E-state index < -0.39 is 0 Å². The minimum absolute atomic E-state index is 0.147. The van der Waals surface area contributed by atoms with Gasteiger partial charge in [-0.05, 0) is 54.0 Å². The van der Waals surface area contributed by atoms with Crippen LogP contribution < -0.4 is 0 Å². The molecule has 2 heterocycles. The van der Waals surface area contributed by atoms with E-state index in [0.29, 0.717) is 18.7 Å². The molecule has 1 fully saturated rings. The zero-order valence-corrected chi connectivity index (χ0v) is 16.5. The van der Waals surface area contributed by atoms with E-state index in [9.17, 15) is 4.79 Å². The third-order valence-electron chi connectivity index (χ3n) is 5.84. The van der Waals surface area contributed by atoms with Gasteiger partial charge in [0, 0.05) is 30.0 Å². The van der Waals surface area contributed by atoms with Gasteiger partial charge in [-0.3, -0.25) is 4.79 Å². The first-order chi connectivity index (χ1) is 14.2. The molecule has 0 radical (unpaired) electrons. The molecule has 1 aliphatic carbocycles. The molecule has 4 aromatic rings. The summed E-state index contributed by atoms with van der Waals surface area (Å²) in [7, 11) is 0. The highest BCUT2D eigenvalue weighted by Gasteiger charge is 2.30. The van der Waals surface area contributed by atoms with Crippen LogP contribution in [0, 0.1) is 12.8 Å². The van der Waals surface area contributed by atoms with Crippen LogP contribution in [0.3, 0.4) is 0 Å². The van der Waals surface area contributed by atoms with Gasteiger partial charge in [0.15, 0.2) is 5.65 Å². The van der Waals surface area contributed by atoms with Gasteiger partial charge in [-0.25, -0.2) is 0 Å². The lowest BCUT2D eigenvalue weighted by atomic mass is 9.84. The fourth-order valence-electron chi connectivity index (χ4n) is 4.04. The topological polar surface area (TPSA) is 63.4 Å². The molecule has 0 atom stereocenters. The number of benzene rings is 2. The Balaban J connectivity index is 1.55. The van der Waals surface area contributed by atoms with Gasteiger partial charge in [0.25, 0.3) is 0 Å². The highest BCUT2D eigenvalue weighted by Crippen LogP contribution is 2.30. The number of carbonyl (C=O) groups excluding carboxylic acids is 1. The summed E-state index contributed by atoms with van der Waals surface area (Å²) in [6.45, 7) is 3.17. The number of aromatic nitrogens is 4. The van der Waals surface area contributed by atoms with Crippen LogP contribution in [0.5, 0.6) is 0 Å². The van der Waals surface area contributed by atoms with E-state index in [-0.39, 0.29) is 11.8 Å². The maximum absolute atomic E-state index is 13.2. The molecule has 0 N–H and O–H groups in total. The SMILES string of the molecule is Cc1ccc2c(c1)cc(CN(Cc1ccccc1)C(=O)C1CCC1)c1nnnn12. The molecule has 2 aromatic carbocycles. The average Bonchev–Trinajstić information content (AvgIpc) is 3.17. The molecule has 146 valence electrons. The smallest absolute Gasteiger partial charge is 0.226 e. The van der Waals surface area contributed by atoms with E-state index in [2.05, 4.69) is 52.8 Å². The number of hydrogen-bond acceptors (Lipinski definition) is 4. The molecule has 0 bridgehead atoms. The minimum atomic E-state index is 0.147. The molecular weight excluding hydrogens is 362 g/mol. The van der Waals surface area contributed by atoms with Gasteiger partial charge in [-0.2, -0.15) is 4.52 Å². The predicted molar refractivity (Wildman–Crippen MR) is 111 cm³/mol. The summed E-state index contributed by atoms with van der Waals surface area (Å²) in [6.07, 6.45) is 3.12. The zero-order chi connectivity index (χ0) is 19.8. The molecule has 5 rings (SSSR count). The van der Waals surface area contributed by atoms with E-state index in [1.54, 1.807) is 4.52 Å². The van der Waals surface area contributed by atoms with Crippen LogP contribution in [-0.2, 0) is 17.9 Å². The van der Waals surface area contributed by atoms with Crippen molar-refractivity contribution in [2.75, 3.05) is 0 Å². The molecule has 1 saturated carbocycles. The number of amides is 1. The summed E-state index contributed by atoms with van der Waals surface area (Å²) in [4.78, 5) is 15.2. The third kappa shape index (κ3) is 3.35. The lowest BCUT2D eigenvalue weighted by molar-refractivity contribution is -0.139. The summed E-state index contributed by atoms with van der Waals surface area (Å²) >= 11 is 0. The second-order valence-corrected chi connectivity index (χ2v) is 7.95. The standard InChI is InChI=1S/C23H23N5O/c1-16-10-11-21-19(12-16)13-20(22-24-25-26-28(21)22)15-27(23(29)18-8-5-9-18)14-17-6-3-2-4-7-17/h2-4,6-7,10-13,18H,5,8-9,14-15H2,1H3. The maximum Gasteiger partial charge on any atom is 0.226 e. The first kappa shape index (κ1) is 17.8. The van der Waals surface area contributed by atoms with Gasteiger partial charge >= 0.3 is 0 Å². The number of rotatable bonds is 5. The molecule has 1 aliphatic rings. The molecule has 0 saturated heterocycles. The Hall–Kier alpha value is -3.28. The number of aryl methyl sites for hydroxylation is 1. The van der Waals surface area contributed by atoms with E-state index in [1.165, 1.54) is 5.56 Å². The molecule has 0 aliphatic heterocycles. The second kappa shape index (κ2) is 7.28. The largest absolute Gasteiger partial charge is 0.334 e. The number of hydrogen-bond donors (Lipinski definition) is 0. The first-order valence-corrected chi connectivity index (χ1v) is 10.1. The molecule has 2 aromatic heterocycles. The maximum atomic E-state index is 13.2. The lowest BCUT2D eigenvalue weighted by Crippen LogP contribution is -2.38. The Bertz CT molecular complexity index is 1180. The molecule has 1 amide bonds. The monoisotopic (exact) mass is 385 g/mol. The molecule has 6 heteroatoms. The van der Waals surface area contributed by atoms with Crippen molar-refractivity contribution in [3.63, 3.8) is 0 Å². The van der Waals surface area contributed by atoms with Gasteiger partial charge in [-0.1, -0.05) is 48.4 Å². The molecule has 29 heavy (non-hydrogen) atoms. The van der Waals surface area contributed by atoms with E-state index in [0.717, 1.165) is 41.3 Å². The second-order valence-electron chi connectivity index (χ2n) is 7.95. The Morgan fingerprint density at radius 3 is 2.69 bits per heavy atom. The summed E-state index contributed by atoms with van der Waals surface area (Å²) in [5.41, 5.74) is 4.96. The number of carbonyl (C=O) groups is 1. The lowest BCUT2D eigenvalue weighted by Gasteiger charge is -2.32. The van der Waals surface area contributed by atoms with Crippen LogP contribution in [0.1, 0.15) is 36.0 Å². The van der Waals surface area contributed by atoms with Crippen LogP contribution in [-0.4, -0.2) is 30.8 Å². The van der Waals surface area contributed by atoms with Crippen LogP contribution in [0.4, 0.5) is 0 Å². The Morgan fingerprint density at radius 1 is 1.10 bits per heavy atom. The minimum Gasteiger partial charge on any atom is -0.334 e. The third-order valence-corrected chi connectivity index (χ3v) is 5.84. The fraction of sp³-hybridized carbons (Fsp3) is 0.304. The Morgan fingerprint density at radius 2 is 1.93 bits per heavy atom. The fourth-order valence-corrected chi connectivity index (χ4v) is 4.04. The van der Waals surface area contributed by atoms with E-state index >= 15 is 0 Å². The van der Waals surface area contributed by atoms with Crippen molar-refractivity contribution in [1.82, 2.24) is 24.9 Å². The van der Waals surface area contributed by atoms with Gasteiger partial charge < -0.3 is 4.90 Å². The Kier molecular flexibility index (Phi) is 4.46.